The second-order valence-corrected chi connectivity index (χ2v) is 6.14. The molecule has 1 aliphatic heterocycles. The van der Waals surface area contributed by atoms with Crippen LogP contribution in [0.15, 0.2) is 36.7 Å². The number of aryl methyl sites for hydroxylation is 1. The largest absolute Gasteiger partial charge is 0.419 e. The lowest BCUT2D eigenvalue weighted by molar-refractivity contribution is -0.137. The Morgan fingerprint density at radius 3 is 2.44 bits per heavy atom. The Balaban J connectivity index is 1.58. The van der Waals surface area contributed by atoms with E-state index in [0.29, 0.717) is 32.4 Å². The van der Waals surface area contributed by atoms with Crippen LogP contribution in [0.3, 0.4) is 0 Å². The Hall–Kier alpha value is -2.35. The topological polar surface area (TPSA) is 41.4 Å². The van der Waals surface area contributed by atoms with Crippen LogP contribution in [0.25, 0.3) is 0 Å². The Morgan fingerprint density at radius 2 is 1.84 bits per heavy atom. The normalized spacial score (nSPS) is 16.2. The van der Waals surface area contributed by atoms with Gasteiger partial charge in [0.15, 0.2) is 0 Å². The third kappa shape index (κ3) is 4.01. The number of halogens is 3. The highest BCUT2D eigenvalue weighted by molar-refractivity contribution is 5.76. The van der Waals surface area contributed by atoms with Gasteiger partial charge >= 0.3 is 12.2 Å². The third-order valence-corrected chi connectivity index (χ3v) is 4.40. The molecule has 2 aromatic rings. The zero-order valence-corrected chi connectivity index (χ0v) is 13.8. The van der Waals surface area contributed by atoms with Crippen LogP contribution in [-0.2, 0) is 12.7 Å². The second-order valence-electron chi connectivity index (χ2n) is 6.14. The molecule has 0 atom stereocenters. The van der Waals surface area contributed by atoms with E-state index in [0.717, 1.165) is 17.4 Å². The van der Waals surface area contributed by atoms with E-state index in [-0.39, 0.29) is 0 Å². The van der Waals surface area contributed by atoms with Crippen LogP contribution >= 0.6 is 0 Å². The summed E-state index contributed by atoms with van der Waals surface area (Å²) in [6, 6.07) is 7.61. The maximum atomic E-state index is 12.6. The fourth-order valence-corrected chi connectivity index (χ4v) is 2.84. The third-order valence-electron chi connectivity index (χ3n) is 4.40. The highest BCUT2D eigenvalue weighted by Crippen LogP contribution is 2.28. The zero-order valence-electron chi connectivity index (χ0n) is 13.8. The van der Waals surface area contributed by atoms with Crippen molar-refractivity contribution in [2.75, 3.05) is 26.2 Å². The maximum Gasteiger partial charge on any atom is 0.419 e. The van der Waals surface area contributed by atoms with Gasteiger partial charge in [-0.1, -0.05) is 24.3 Å². The van der Waals surface area contributed by atoms with Gasteiger partial charge in [0.25, 0.3) is 0 Å². The van der Waals surface area contributed by atoms with Gasteiger partial charge in [-0.15, -0.1) is 0 Å². The number of nitrogens with zero attached hydrogens (tertiary/aromatic N) is 4. The monoisotopic (exact) mass is 352 g/mol. The number of amides is 1. The second kappa shape index (κ2) is 6.87. The van der Waals surface area contributed by atoms with Crippen molar-refractivity contribution in [3.8, 4) is 0 Å². The van der Waals surface area contributed by atoms with Gasteiger partial charge in [0.1, 0.15) is 0 Å². The molecule has 3 rings (SSSR count). The first kappa shape index (κ1) is 17.5. The molecule has 5 nitrogen and oxygen atoms in total. The summed E-state index contributed by atoms with van der Waals surface area (Å²) in [4.78, 5) is 16.1. The molecule has 134 valence electrons. The molecule has 1 saturated heterocycles. The van der Waals surface area contributed by atoms with Crippen LogP contribution in [0, 0.1) is 6.92 Å². The first-order valence-electron chi connectivity index (χ1n) is 8.02. The van der Waals surface area contributed by atoms with Crippen molar-refractivity contribution < 1.29 is 18.0 Å². The maximum absolute atomic E-state index is 12.6. The van der Waals surface area contributed by atoms with E-state index in [1.807, 2.05) is 12.1 Å². The highest BCUT2D eigenvalue weighted by Gasteiger charge is 2.33. The van der Waals surface area contributed by atoms with Crippen LogP contribution < -0.4 is 0 Å². The molecule has 0 radical (unpaired) electrons. The summed E-state index contributed by atoms with van der Waals surface area (Å²) in [6.45, 7) is 5.14. The molecular weight excluding hydrogens is 333 g/mol. The van der Waals surface area contributed by atoms with Crippen molar-refractivity contribution in [3.05, 3.63) is 53.3 Å². The lowest BCUT2D eigenvalue weighted by Crippen LogP contribution is -2.49. The summed E-state index contributed by atoms with van der Waals surface area (Å²) in [5.41, 5.74) is 1.54. The summed E-state index contributed by atoms with van der Waals surface area (Å²) in [7, 11) is 0. The average Bonchev–Trinajstić information content (AvgIpc) is 3.07. The SMILES string of the molecule is Cc1ccccc1CN1CCN(C(=O)n2cc(C(F)(F)F)cn2)CC1. The van der Waals surface area contributed by atoms with Gasteiger partial charge in [0.2, 0.25) is 0 Å². The number of hydrogen-bond donors (Lipinski definition) is 0. The first-order valence-corrected chi connectivity index (χ1v) is 8.02. The van der Waals surface area contributed by atoms with Gasteiger partial charge in [0, 0.05) is 38.9 Å². The van der Waals surface area contributed by atoms with E-state index in [1.165, 1.54) is 16.0 Å². The number of rotatable bonds is 2. The molecule has 1 fully saturated rings. The van der Waals surface area contributed by atoms with E-state index in [1.54, 1.807) is 0 Å². The number of benzene rings is 1. The standard InChI is InChI=1S/C17H19F3N4O/c1-13-4-2-3-5-14(13)11-22-6-8-23(9-7-22)16(25)24-12-15(10-21-24)17(18,19)20/h2-5,10,12H,6-9,11H2,1H3. The van der Waals surface area contributed by atoms with E-state index in [4.69, 9.17) is 0 Å². The van der Waals surface area contributed by atoms with Gasteiger partial charge in [-0.3, -0.25) is 4.90 Å². The number of carbonyl (C=O) groups is 1. The Labute approximate surface area is 143 Å². The van der Waals surface area contributed by atoms with Gasteiger partial charge in [-0.05, 0) is 18.1 Å². The van der Waals surface area contributed by atoms with Crippen molar-refractivity contribution in [2.45, 2.75) is 19.6 Å². The Morgan fingerprint density at radius 1 is 1.16 bits per heavy atom. The van der Waals surface area contributed by atoms with Crippen molar-refractivity contribution >= 4 is 6.03 Å². The molecular formula is C17H19F3N4O. The molecule has 0 N–H and O–H groups in total. The average molecular weight is 352 g/mol. The minimum atomic E-state index is -4.50. The van der Waals surface area contributed by atoms with E-state index >= 15 is 0 Å². The molecule has 1 aromatic carbocycles. The molecule has 2 heterocycles. The Kier molecular flexibility index (Phi) is 4.80. The molecule has 1 aromatic heterocycles. The predicted molar refractivity (Wildman–Crippen MR) is 86.1 cm³/mol. The van der Waals surface area contributed by atoms with Crippen LogP contribution in [0.1, 0.15) is 16.7 Å². The first-order chi connectivity index (χ1) is 11.8. The lowest BCUT2D eigenvalue weighted by atomic mass is 10.1. The van der Waals surface area contributed by atoms with Crippen LogP contribution in [-0.4, -0.2) is 51.8 Å². The van der Waals surface area contributed by atoms with E-state index in [9.17, 15) is 18.0 Å². The summed E-state index contributed by atoms with van der Waals surface area (Å²) in [5.74, 6) is 0. The molecule has 1 aliphatic rings. The minimum absolute atomic E-state index is 0.464. The van der Waals surface area contributed by atoms with Crippen LogP contribution in [0.5, 0.6) is 0 Å². The van der Waals surface area contributed by atoms with Gasteiger partial charge < -0.3 is 4.90 Å². The molecule has 0 spiro atoms. The molecule has 0 bridgehead atoms. The van der Waals surface area contributed by atoms with Crippen molar-refractivity contribution in [3.63, 3.8) is 0 Å². The van der Waals surface area contributed by atoms with E-state index < -0.39 is 17.8 Å². The minimum Gasteiger partial charge on any atom is -0.320 e. The van der Waals surface area contributed by atoms with E-state index in [2.05, 4.69) is 29.1 Å². The van der Waals surface area contributed by atoms with Crippen molar-refractivity contribution in [1.82, 2.24) is 19.6 Å². The smallest absolute Gasteiger partial charge is 0.320 e. The fourth-order valence-electron chi connectivity index (χ4n) is 2.84. The molecule has 8 heteroatoms. The van der Waals surface area contributed by atoms with Crippen LogP contribution in [0.2, 0.25) is 0 Å². The number of aromatic nitrogens is 2. The number of piperazine rings is 1. The van der Waals surface area contributed by atoms with Gasteiger partial charge in [-0.25, -0.2) is 4.79 Å². The number of hydrogen-bond acceptors (Lipinski definition) is 3. The lowest BCUT2D eigenvalue weighted by Gasteiger charge is -2.34. The molecule has 25 heavy (non-hydrogen) atoms. The van der Waals surface area contributed by atoms with Crippen molar-refractivity contribution in [1.29, 1.82) is 0 Å². The summed E-state index contributed by atoms with van der Waals surface area (Å²) in [6.07, 6.45) is -3.08. The number of carbonyl (C=O) groups excluding carboxylic acids is 1. The molecule has 0 saturated carbocycles. The Bertz CT molecular complexity index is 748. The molecule has 0 aliphatic carbocycles. The molecule has 1 amide bonds. The summed E-state index contributed by atoms with van der Waals surface area (Å²) < 4.78 is 38.6. The highest BCUT2D eigenvalue weighted by atomic mass is 19.4. The van der Waals surface area contributed by atoms with Gasteiger partial charge in [-0.2, -0.15) is 23.0 Å². The summed E-state index contributed by atoms with van der Waals surface area (Å²) >= 11 is 0. The number of alkyl halides is 3. The predicted octanol–water partition coefficient (Wildman–Crippen LogP) is 3.00. The zero-order chi connectivity index (χ0) is 18.0. The van der Waals surface area contributed by atoms with Gasteiger partial charge in [0.05, 0.1) is 11.8 Å². The fraction of sp³-hybridized carbons (Fsp3) is 0.412. The van der Waals surface area contributed by atoms with Crippen LogP contribution in [0.4, 0.5) is 18.0 Å². The molecule has 0 unspecified atom stereocenters. The summed E-state index contributed by atoms with van der Waals surface area (Å²) in [5, 5.41) is 3.55. The van der Waals surface area contributed by atoms with Crippen molar-refractivity contribution in [2.24, 2.45) is 0 Å². The quantitative estimate of drug-likeness (QED) is 0.834.